The summed E-state index contributed by atoms with van der Waals surface area (Å²) < 4.78 is 31.9. The van der Waals surface area contributed by atoms with E-state index in [4.69, 9.17) is 10.00 Å². The normalized spacial score (nSPS) is 21.7. The van der Waals surface area contributed by atoms with E-state index in [2.05, 4.69) is 0 Å². The summed E-state index contributed by atoms with van der Waals surface area (Å²) >= 11 is 1.01. The molecule has 1 aromatic heterocycles. The molecule has 1 unspecified atom stereocenters. The van der Waals surface area contributed by atoms with E-state index >= 15 is 0 Å². The van der Waals surface area contributed by atoms with Crippen LogP contribution in [0.1, 0.15) is 18.2 Å². The molecule has 0 bridgehead atoms. The fraction of sp³-hybridized carbons (Fsp3) is 0.545. The number of nitriles is 1. The number of rotatable bonds is 3. The highest BCUT2D eigenvalue weighted by molar-refractivity contribution is 7.91. The van der Waals surface area contributed by atoms with Gasteiger partial charge < -0.3 is 4.74 Å². The average Bonchev–Trinajstić information content (AvgIpc) is 2.88. The molecule has 2 rings (SSSR count). The van der Waals surface area contributed by atoms with Crippen LogP contribution in [0.5, 0.6) is 0 Å². The van der Waals surface area contributed by atoms with Gasteiger partial charge in [-0.05, 0) is 18.6 Å². The molecule has 0 aliphatic carbocycles. The molecular weight excluding hydrogens is 272 g/mol. The van der Waals surface area contributed by atoms with Crippen molar-refractivity contribution in [3.05, 3.63) is 17.0 Å². The van der Waals surface area contributed by atoms with E-state index in [9.17, 15) is 8.42 Å². The monoisotopic (exact) mass is 286 g/mol. The first kappa shape index (κ1) is 13.5. The van der Waals surface area contributed by atoms with Crippen LogP contribution in [-0.4, -0.2) is 38.5 Å². The fourth-order valence-corrected chi connectivity index (χ4v) is 4.81. The van der Waals surface area contributed by atoms with Gasteiger partial charge in [0.1, 0.15) is 15.2 Å². The summed E-state index contributed by atoms with van der Waals surface area (Å²) in [4.78, 5) is 0.412. The van der Waals surface area contributed by atoms with Crippen molar-refractivity contribution in [2.75, 3.05) is 19.8 Å². The van der Waals surface area contributed by atoms with Gasteiger partial charge in [0.25, 0.3) is 10.0 Å². The van der Waals surface area contributed by atoms with Crippen LogP contribution in [0.25, 0.3) is 0 Å². The van der Waals surface area contributed by atoms with Crippen LogP contribution in [0.3, 0.4) is 0 Å². The van der Waals surface area contributed by atoms with Crippen molar-refractivity contribution in [1.82, 2.24) is 4.31 Å². The van der Waals surface area contributed by atoms with E-state index in [0.717, 1.165) is 17.8 Å². The summed E-state index contributed by atoms with van der Waals surface area (Å²) in [6.45, 7) is 3.18. The summed E-state index contributed by atoms with van der Waals surface area (Å²) in [6.07, 6.45) is 0.718. The molecule has 98 valence electrons. The van der Waals surface area contributed by atoms with E-state index in [1.54, 1.807) is 6.07 Å². The Balaban J connectivity index is 2.32. The van der Waals surface area contributed by atoms with Crippen molar-refractivity contribution in [2.45, 2.75) is 23.6 Å². The lowest BCUT2D eigenvalue weighted by atomic mass is 10.2. The molecule has 1 aromatic rings. The Morgan fingerprint density at radius 3 is 3.00 bits per heavy atom. The highest BCUT2D eigenvalue weighted by Gasteiger charge is 2.33. The third-order valence-electron chi connectivity index (χ3n) is 2.90. The molecule has 1 aliphatic heterocycles. The standard InChI is InChI=1S/C11H14N2O3S2/c1-2-9-8-16-6-5-13(9)18(14,15)11-4-3-10(7-12)17-11/h3-4,9H,2,5-6,8H2,1H3. The minimum atomic E-state index is -3.49. The maximum Gasteiger partial charge on any atom is 0.253 e. The molecule has 7 heteroatoms. The summed E-state index contributed by atoms with van der Waals surface area (Å²) in [5, 5.41) is 8.76. The lowest BCUT2D eigenvalue weighted by molar-refractivity contribution is 0.0315. The molecule has 0 amide bonds. The number of sulfonamides is 1. The van der Waals surface area contributed by atoms with Crippen LogP contribution in [0.2, 0.25) is 0 Å². The third-order valence-corrected chi connectivity index (χ3v) is 6.31. The van der Waals surface area contributed by atoms with Crippen LogP contribution in [-0.2, 0) is 14.8 Å². The first-order valence-electron chi connectivity index (χ1n) is 5.69. The Morgan fingerprint density at radius 1 is 1.61 bits per heavy atom. The van der Waals surface area contributed by atoms with E-state index in [1.165, 1.54) is 10.4 Å². The molecule has 0 radical (unpaired) electrons. The minimum Gasteiger partial charge on any atom is -0.378 e. The highest BCUT2D eigenvalue weighted by Crippen LogP contribution is 2.27. The molecule has 1 saturated heterocycles. The van der Waals surface area contributed by atoms with Gasteiger partial charge in [0.05, 0.1) is 13.2 Å². The zero-order chi connectivity index (χ0) is 13.2. The van der Waals surface area contributed by atoms with Crippen molar-refractivity contribution in [3.63, 3.8) is 0 Å². The van der Waals surface area contributed by atoms with Gasteiger partial charge in [-0.2, -0.15) is 9.57 Å². The number of hydrogen-bond donors (Lipinski definition) is 0. The fourth-order valence-electron chi connectivity index (χ4n) is 1.91. The van der Waals surface area contributed by atoms with Crippen LogP contribution in [0.15, 0.2) is 16.3 Å². The highest BCUT2D eigenvalue weighted by atomic mass is 32.2. The van der Waals surface area contributed by atoms with Crippen molar-refractivity contribution in [1.29, 1.82) is 5.26 Å². The van der Waals surface area contributed by atoms with Gasteiger partial charge in [-0.1, -0.05) is 6.92 Å². The molecule has 18 heavy (non-hydrogen) atoms. The van der Waals surface area contributed by atoms with Gasteiger partial charge in [0, 0.05) is 12.6 Å². The van der Waals surface area contributed by atoms with Crippen molar-refractivity contribution < 1.29 is 13.2 Å². The molecule has 5 nitrogen and oxygen atoms in total. The second-order valence-corrected chi connectivity index (χ2v) is 7.18. The smallest absolute Gasteiger partial charge is 0.253 e. The van der Waals surface area contributed by atoms with Gasteiger partial charge in [-0.15, -0.1) is 11.3 Å². The summed E-state index contributed by atoms with van der Waals surface area (Å²) in [5.41, 5.74) is 0. The van der Waals surface area contributed by atoms with Crippen molar-refractivity contribution >= 4 is 21.4 Å². The SMILES string of the molecule is CCC1COCCN1S(=O)(=O)c1ccc(C#N)s1. The first-order valence-corrected chi connectivity index (χ1v) is 7.94. The zero-order valence-electron chi connectivity index (χ0n) is 10.00. The van der Waals surface area contributed by atoms with E-state index in [0.29, 0.717) is 24.6 Å². The summed E-state index contributed by atoms with van der Waals surface area (Å²) in [5.74, 6) is 0. The third kappa shape index (κ3) is 2.42. The Hall–Kier alpha value is -0.940. The largest absolute Gasteiger partial charge is 0.378 e. The second-order valence-electron chi connectivity index (χ2n) is 3.98. The molecule has 0 aromatic carbocycles. The predicted octanol–water partition coefficient (Wildman–Crippen LogP) is 1.42. The Kier molecular flexibility index (Phi) is 4.02. The number of hydrogen-bond acceptors (Lipinski definition) is 5. The van der Waals surface area contributed by atoms with Gasteiger partial charge in [0.2, 0.25) is 0 Å². The van der Waals surface area contributed by atoms with Crippen LogP contribution < -0.4 is 0 Å². The number of ether oxygens (including phenoxy) is 1. The molecule has 2 heterocycles. The van der Waals surface area contributed by atoms with Crippen LogP contribution in [0.4, 0.5) is 0 Å². The van der Waals surface area contributed by atoms with Crippen molar-refractivity contribution in [3.8, 4) is 6.07 Å². The summed E-state index contributed by atoms with van der Waals surface area (Å²) in [7, 11) is -3.49. The van der Waals surface area contributed by atoms with E-state index < -0.39 is 10.0 Å². The number of morpholine rings is 1. The quantitative estimate of drug-likeness (QED) is 0.842. The number of nitrogens with zero attached hydrogens (tertiary/aromatic N) is 2. The zero-order valence-corrected chi connectivity index (χ0v) is 11.6. The molecule has 1 aliphatic rings. The molecule has 1 fully saturated rings. The Morgan fingerprint density at radius 2 is 2.39 bits per heavy atom. The topological polar surface area (TPSA) is 70.4 Å². The average molecular weight is 286 g/mol. The Labute approximate surface area is 111 Å². The molecule has 0 spiro atoms. The maximum absolute atomic E-state index is 12.5. The minimum absolute atomic E-state index is 0.114. The van der Waals surface area contributed by atoms with Gasteiger partial charge in [-0.3, -0.25) is 0 Å². The van der Waals surface area contributed by atoms with Gasteiger partial charge >= 0.3 is 0 Å². The predicted molar refractivity (Wildman–Crippen MR) is 67.8 cm³/mol. The maximum atomic E-state index is 12.5. The van der Waals surface area contributed by atoms with Crippen LogP contribution in [0, 0.1) is 11.3 Å². The molecule has 0 N–H and O–H groups in total. The number of thiophene rings is 1. The van der Waals surface area contributed by atoms with E-state index in [-0.39, 0.29) is 10.3 Å². The summed E-state index contributed by atoms with van der Waals surface area (Å²) in [6, 6.07) is 4.89. The lowest BCUT2D eigenvalue weighted by Gasteiger charge is -2.33. The molecule has 1 atom stereocenters. The van der Waals surface area contributed by atoms with Gasteiger partial charge in [-0.25, -0.2) is 8.42 Å². The van der Waals surface area contributed by atoms with Crippen LogP contribution >= 0.6 is 11.3 Å². The van der Waals surface area contributed by atoms with Gasteiger partial charge in [0.15, 0.2) is 0 Å². The van der Waals surface area contributed by atoms with Crippen molar-refractivity contribution in [2.24, 2.45) is 0 Å². The first-order chi connectivity index (χ1) is 8.59. The van der Waals surface area contributed by atoms with E-state index in [1.807, 2.05) is 13.0 Å². The lowest BCUT2D eigenvalue weighted by Crippen LogP contribution is -2.48. The second kappa shape index (κ2) is 5.36. The molecule has 0 saturated carbocycles. The Bertz CT molecular complexity index is 559. The molecular formula is C11H14N2O3S2.